The van der Waals surface area contributed by atoms with E-state index >= 15 is 0 Å². The molecule has 0 fully saturated rings. The van der Waals surface area contributed by atoms with Gasteiger partial charge in [-0.05, 0) is 95.3 Å². The number of carboxylic acid groups (broad SMARTS) is 2. The molecule has 2 N–H and O–H groups in total. The number of anilines is 3. The van der Waals surface area contributed by atoms with Crippen LogP contribution in [0.3, 0.4) is 0 Å². The van der Waals surface area contributed by atoms with Crippen LogP contribution >= 0.6 is 0 Å². The number of nitrogens with zero attached hydrogens (tertiary/aromatic N) is 3. The van der Waals surface area contributed by atoms with Crippen LogP contribution in [0.2, 0.25) is 0 Å². The first-order valence-electron chi connectivity index (χ1n) is 17.3. The number of aryl methyl sites for hydroxylation is 2. The van der Waals surface area contributed by atoms with Crippen molar-refractivity contribution in [3.63, 3.8) is 0 Å². The summed E-state index contributed by atoms with van der Waals surface area (Å²) in [6.45, 7) is 4.21. The quantitative estimate of drug-likeness (QED) is 0.0704. The van der Waals surface area contributed by atoms with Crippen molar-refractivity contribution in [1.82, 2.24) is 0 Å². The molecule has 0 saturated carbocycles. The Bertz CT molecular complexity index is 2290. The number of rotatable bonds is 13. The maximum Gasteiger partial charge on any atom is 0.346 e. The van der Waals surface area contributed by atoms with Crippen LogP contribution in [0.15, 0.2) is 151 Å². The maximum atomic E-state index is 11.1. The minimum atomic E-state index is -1.25. The van der Waals surface area contributed by atoms with E-state index in [1.165, 1.54) is 17.7 Å². The van der Waals surface area contributed by atoms with E-state index < -0.39 is 11.9 Å². The van der Waals surface area contributed by atoms with E-state index in [4.69, 9.17) is 20.7 Å². The molecule has 5 aromatic carbocycles. The molecule has 0 aliphatic carbocycles. The molecule has 0 bridgehead atoms. The van der Waals surface area contributed by atoms with E-state index in [-0.39, 0.29) is 11.1 Å². The molecule has 7 nitrogen and oxygen atoms in total. The number of hydrogen-bond acceptors (Lipinski definition) is 5. The van der Waals surface area contributed by atoms with Crippen molar-refractivity contribution in [2.75, 3.05) is 4.90 Å². The average molecular weight is 720 g/mol. The van der Waals surface area contributed by atoms with Gasteiger partial charge in [0.1, 0.15) is 23.3 Å². The number of aliphatic carboxylic acids is 2. The van der Waals surface area contributed by atoms with Gasteiger partial charge >= 0.3 is 11.9 Å². The van der Waals surface area contributed by atoms with Gasteiger partial charge in [-0.2, -0.15) is 10.5 Å². The molecule has 55 heavy (non-hydrogen) atoms. The van der Waals surface area contributed by atoms with Crippen LogP contribution in [0.5, 0.6) is 0 Å². The van der Waals surface area contributed by atoms with Crippen LogP contribution in [0.4, 0.5) is 17.1 Å². The van der Waals surface area contributed by atoms with Crippen LogP contribution in [-0.4, -0.2) is 22.2 Å². The zero-order valence-electron chi connectivity index (χ0n) is 30.3. The zero-order valence-corrected chi connectivity index (χ0v) is 30.3. The first-order valence-corrected chi connectivity index (χ1v) is 17.3. The SMILES string of the molecule is Cc1ccc(N(c2ccc(/C=C/C=C/c3ccc(/C=C(\C#N)C(=O)O)cc3)cc2)c2ccc(/C=C/C=C/c3ccc(/C=C(\C#N)C(=O)O)cc3)cc2)c(C)c1. The predicted molar refractivity (Wildman–Crippen MR) is 222 cm³/mol. The van der Waals surface area contributed by atoms with Gasteiger partial charge in [0.05, 0.1) is 0 Å². The summed E-state index contributed by atoms with van der Waals surface area (Å²) in [5.74, 6) is -2.50. The number of carbonyl (C=O) groups is 2. The van der Waals surface area contributed by atoms with Gasteiger partial charge in [0, 0.05) is 17.1 Å². The Morgan fingerprint density at radius 3 is 1.15 bits per heavy atom. The van der Waals surface area contributed by atoms with Crippen molar-refractivity contribution >= 4 is 65.5 Å². The summed E-state index contributed by atoms with van der Waals surface area (Å²) in [5, 5.41) is 36.1. The molecule has 0 radical (unpaired) electrons. The summed E-state index contributed by atoms with van der Waals surface area (Å²) < 4.78 is 0. The third-order valence-electron chi connectivity index (χ3n) is 8.47. The Labute approximate surface area is 321 Å². The van der Waals surface area contributed by atoms with E-state index in [1.54, 1.807) is 36.4 Å². The summed E-state index contributed by atoms with van der Waals surface area (Å²) in [4.78, 5) is 24.4. The lowest BCUT2D eigenvalue weighted by atomic mass is 10.1. The van der Waals surface area contributed by atoms with Crippen molar-refractivity contribution in [3.05, 3.63) is 195 Å². The van der Waals surface area contributed by atoms with Crippen molar-refractivity contribution in [1.29, 1.82) is 10.5 Å². The number of carboxylic acids is 2. The molecule has 268 valence electrons. The fourth-order valence-corrected chi connectivity index (χ4v) is 5.64. The second-order valence-electron chi connectivity index (χ2n) is 12.5. The second kappa shape index (κ2) is 18.7. The fourth-order valence-electron chi connectivity index (χ4n) is 5.64. The lowest BCUT2D eigenvalue weighted by Crippen LogP contribution is -2.11. The molecule has 5 aromatic rings. The monoisotopic (exact) mass is 719 g/mol. The van der Waals surface area contributed by atoms with Crippen molar-refractivity contribution in [3.8, 4) is 12.1 Å². The number of nitriles is 2. The Morgan fingerprint density at radius 1 is 0.509 bits per heavy atom. The highest BCUT2D eigenvalue weighted by atomic mass is 16.4. The van der Waals surface area contributed by atoms with Gasteiger partial charge in [-0.15, -0.1) is 0 Å². The average Bonchev–Trinajstić information content (AvgIpc) is 3.19. The molecule has 0 aromatic heterocycles. The van der Waals surface area contributed by atoms with Crippen LogP contribution in [0, 0.1) is 36.5 Å². The number of hydrogen-bond donors (Lipinski definition) is 2. The summed E-state index contributed by atoms with van der Waals surface area (Å²) in [7, 11) is 0. The van der Waals surface area contributed by atoms with Crippen molar-refractivity contribution in [2.24, 2.45) is 0 Å². The second-order valence-corrected chi connectivity index (χ2v) is 12.5. The molecule has 0 spiro atoms. The predicted octanol–water partition coefficient (Wildman–Crippen LogP) is 11.2. The summed E-state index contributed by atoms with van der Waals surface area (Å²) in [6, 6.07) is 41.2. The molecule has 0 heterocycles. The lowest BCUT2D eigenvalue weighted by molar-refractivity contribution is -0.133. The minimum Gasteiger partial charge on any atom is -0.477 e. The summed E-state index contributed by atoms with van der Waals surface area (Å²) in [6.07, 6.45) is 18.5. The molecule has 0 atom stereocenters. The first-order chi connectivity index (χ1) is 26.6. The van der Waals surface area contributed by atoms with Crippen molar-refractivity contribution in [2.45, 2.75) is 13.8 Å². The molecular formula is C48H37N3O4. The highest BCUT2D eigenvalue weighted by Gasteiger charge is 2.15. The topological polar surface area (TPSA) is 125 Å². The van der Waals surface area contributed by atoms with E-state index in [1.807, 2.05) is 72.9 Å². The van der Waals surface area contributed by atoms with Crippen LogP contribution in [-0.2, 0) is 9.59 Å². The largest absolute Gasteiger partial charge is 0.477 e. The third-order valence-corrected chi connectivity index (χ3v) is 8.47. The molecule has 0 unspecified atom stereocenters. The molecular weight excluding hydrogens is 683 g/mol. The van der Waals surface area contributed by atoms with E-state index in [0.717, 1.165) is 44.9 Å². The molecule has 5 rings (SSSR count). The van der Waals surface area contributed by atoms with Crippen LogP contribution in [0.1, 0.15) is 44.5 Å². The Kier molecular flexibility index (Phi) is 13.1. The number of benzene rings is 5. The lowest BCUT2D eigenvalue weighted by Gasteiger charge is -2.27. The molecule has 7 heteroatoms. The van der Waals surface area contributed by atoms with Gasteiger partial charge in [-0.3, -0.25) is 0 Å². The zero-order chi connectivity index (χ0) is 39.2. The molecule has 0 aliphatic rings. The van der Waals surface area contributed by atoms with Crippen molar-refractivity contribution < 1.29 is 19.8 Å². The van der Waals surface area contributed by atoms with E-state index in [0.29, 0.717) is 11.1 Å². The summed E-state index contributed by atoms with van der Waals surface area (Å²) >= 11 is 0. The fraction of sp³-hybridized carbons (Fsp3) is 0.0417. The Hall–Kier alpha value is -7.74. The third kappa shape index (κ3) is 10.9. The van der Waals surface area contributed by atoms with Gasteiger partial charge in [-0.1, -0.05) is 139 Å². The van der Waals surface area contributed by atoms with E-state index in [2.05, 4.69) is 85.5 Å². The van der Waals surface area contributed by atoms with Gasteiger partial charge in [0.15, 0.2) is 0 Å². The van der Waals surface area contributed by atoms with Crippen LogP contribution < -0.4 is 4.90 Å². The van der Waals surface area contributed by atoms with Gasteiger partial charge < -0.3 is 15.1 Å². The first kappa shape index (κ1) is 38.5. The Balaban J connectivity index is 1.27. The highest BCUT2D eigenvalue weighted by Crippen LogP contribution is 2.37. The normalized spacial score (nSPS) is 12.0. The minimum absolute atomic E-state index is 0.309. The highest BCUT2D eigenvalue weighted by molar-refractivity contribution is 5.97. The van der Waals surface area contributed by atoms with E-state index in [9.17, 15) is 9.59 Å². The number of allylic oxidation sites excluding steroid dienone is 4. The van der Waals surface area contributed by atoms with Gasteiger partial charge in [0.2, 0.25) is 0 Å². The molecule has 0 saturated heterocycles. The molecule has 0 aliphatic heterocycles. The smallest absolute Gasteiger partial charge is 0.346 e. The van der Waals surface area contributed by atoms with Gasteiger partial charge in [-0.25, -0.2) is 9.59 Å². The standard InChI is InChI=1S/C48H37N3O4/c1-34-11-28-46(35(2)29-34)51(44-24-20-38(21-25-44)9-5-3-7-36-12-16-40(17-13-36)30-42(32-49)47(52)53)45-26-22-39(23-27-45)10-6-4-8-37-14-18-41(19-15-37)31-43(33-50)48(54)55/h3-31H,1-2H3,(H,52,53)(H,54,55)/b7-3+,8-4+,9-5+,10-6+,42-30+,43-31+. The summed E-state index contributed by atoms with van der Waals surface area (Å²) in [5.41, 5.74) is 10.1. The Morgan fingerprint density at radius 2 is 0.836 bits per heavy atom. The van der Waals surface area contributed by atoms with Crippen LogP contribution in [0.25, 0.3) is 36.5 Å². The van der Waals surface area contributed by atoms with Gasteiger partial charge in [0.25, 0.3) is 0 Å². The maximum absolute atomic E-state index is 11.1. The molecule has 0 amide bonds.